The SMILES string of the molecule is Fc1ccc(-c2ccc(-c3cc(-c4ccc(F)cc4)[nH]n3)cc2)cc1. The monoisotopic (exact) mass is 332 g/mol. The number of hydrogen-bond donors (Lipinski definition) is 1. The highest BCUT2D eigenvalue weighted by molar-refractivity contribution is 5.71. The van der Waals surface area contributed by atoms with Crippen LogP contribution >= 0.6 is 0 Å². The predicted molar refractivity (Wildman–Crippen MR) is 94.8 cm³/mol. The van der Waals surface area contributed by atoms with Crippen LogP contribution in [-0.4, -0.2) is 10.2 Å². The fourth-order valence-electron chi connectivity index (χ4n) is 2.72. The van der Waals surface area contributed by atoms with Crippen LogP contribution in [0.2, 0.25) is 0 Å². The molecule has 0 aliphatic rings. The fourth-order valence-corrected chi connectivity index (χ4v) is 2.72. The van der Waals surface area contributed by atoms with Crippen LogP contribution in [0.1, 0.15) is 0 Å². The van der Waals surface area contributed by atoms with Gasteiger partial charge in [-0.1, -0.05) is 36.4 Å². The van der Waals surface area contributed by atoms with Crippen LogP contribution in [0.3, 0.4) is 0 Å². The average Bonchev–Trinajstić information content (AvgIpc) is 3.13. The maximum absolute atomic E-state index is 13.0. The summed E-state index contributed by atoms with van der Waals surface area (Å²) in [5, 5.41) is 7.31. The van der Waals surface area contributed by atoms with Gasteiger partial charge in [0.15, 0.2) is 0 Å². The first kappa shape index (κ1) is 15.3. The molecule has 0 saturated carbocycles. The summed E-state index contributed by atoms with van der Waals surface area (Å²) >= 11 is 0. The Balaban J connectivity index is 1.60. The van der Waals surface area contributed by atoms with E-state index >= 15 is 0 Å². The molecular weight excluding hydrogens is 318 g/mol. The van der Waals surface area contributed by atoms with Crippen molar-refractivity contribution in [2.45, 2.75) is 0 Å². The van der Waals surface area contributed by atoms with Crippen LogP contribution in [-0.2, 0) is 0 Å². The maximum atomic E-state index is 13.0. The second-order valence-corrected chi connectivity index (χ2v) is 5.76. The summed E-state index contributed by atoms with van der Waals surface area (Å²) in [6.45, 7) is 0. The van der Waals surface area contributed by atoms with Crippen molar-refractivity contribution < 1.29 is 8.78 Å². The van der Waals surface area contributed by atoms with Crippen molar-refractivity contribution in [1.82, 2.24) is 10.2 Å². The minimum absolute atomic E-state index is 0.245. The smallest absolute Gasteiger partial charge is 0.123 e. The quantitative estimate of drug-likeness (QED) is 0.513. The molecule has 3 aromatic carbocycles. The van der Waals surface area contributed by atoms with E-state index in [-0.39, 0.29) is 11.6 Å². The molecule has 4 aromatic rings. The number of hydrogen-bond acceptors (Lipinski definition) is 1. The number of nitrogens with one attached hydrogen (secondary N) is 1. The van der Waals surface area contributed by atoms with Gasteiger partial charge in [0.25, 0.3) is 0 Å². The Morgan fingerprint density at radius 1 is 0.560 bits per heavy atom. The Morgan fingerprint density at radius 3 is 1.56 bits per heavy atom. The Morgan fingerprint density at radius 2 is 1.00 bits per heavy atom. The lowest BCUT2D eigenvalue weighted by Gasteiger charge is -2.03. The van der Waals surface area contributed by atoms with E-state index in [4.69, 9.17) is 0 Å². The van der Waals surface area contributed by atoms with E-state index in [1.165, 1.54) is 24.3 Å². The number of aromatic nitrogens is 2. The van der Waals surface area contributed by atoms with E-state index < -0.39 is 0 Å². The van der Waals surface area contributed by atoms with Gasteiger partial charge in [-0.3, -0.25) is 5.10 Å². The zero-order valence-corrected chi connectivity index (χ0v) is 13.2. The number of rotatable bonds is 3. The summed E-state index contributed by atoms with van der Waals surface area (Å²) in [4.78, 5) is 0. The minimum Gasteiger partial charge on any atom is -0.277 e. The van der Waals surface area contributed by atoms with Crippen LogP contribution in [0.25, 0.3) is 33.6 Å². The molecule has 4 heteroatoms. The van der Waals surface area contributed by atoms with Gasteiger partial charge in [-0.25, -0.2) is 8.78 Å². The molecule has 0 saturated heterocycles. The number of nitrogens with zero attached hydrogens (tertiary/aromatic N) is 1. The molecule has 1 heterocycles. The van der Waals surface area contributed by atoms with Crippen LogP contribution < -0.4 is 0 Å². The van der Waals surface area contributed by atoms with Crippen LogP contribution in [0.4, 0.5) is 8.78 Å². The number of benzene rings is 3. The molecule has 0 atom stereocenters. The first-order valence-corrected chi connectivity index (χ1v) is 7.87. The van der Waals surface area contributed by atoms with Crippen molar-refractivity contribution in [2.75, 3.05) is 0 Å². The highest BCUT2D eigenvalue weighted by atomic mass is 19.1. The van der Waals surface area contributed by atoms with Crippen LogP contribution in [0.5, 0.6) is 0 Å². The van der Waals surface area contributed by atoms with Gasteiger partial charge in [-0.2, -0.15) is 5.10 Å². The molecule has 0 spiro atoms. The molecule has 0 unspecified atom stereocenters. The highest BCUT2D eigenvalue weighted by Crippen LogP contribution is 2.27. The Hall–Kier alpha value is -3.27. The molecule has 0 aliphatic carbocycles. The predicted octanol–water partition coefficient (Wildman–Crippen LogP) is 5.69. The first-order valence-electron chi connectivity index (χ1n) is 7.87. The molecule has 0 amide bonds. The van der Waals surface area contributed by atoms with Crippen molar-refractivity contribution in [1.29, 1.82) is 0 Å². The lowest BCUT2D eigenvalue weighted by atomic mass is 10.0. The van der Waals surface area contributed by atoms with Gasteiger partial charge in [0.2, 0.25) is 0 Å². The number of H-pyrrole nitrogens is 1. The Bertz CT molecular complexity index is 986. The Kier molecular flexibility index (Phi) is 3.86. The van der Waals surface area contributed by atoms with E-state index in [0.29, 0.717) is 0 Å². The molecule has 2 nitrogen and oxygen atoms in total. The van der Waals surface area contributed by atoms with Crippen molar-refractivity contribution in [3.05, 3.63) is 90.5 Å². The topological polar surface area (TPSA) is 28.7 Å². The van der Waals surface area contributed by atoms with E-state index in [2.05, 4.69) is 10.2 Å². The van der Waals surface area contributed by atoms with E-state index in [9.17, 15) is 8.78 Å². The van der Waals surface area contributed by atoms with Crippen LogP contribution in [0.15, 0.2) is 78.9 Å². The second kappa shape index (κ2) is 6.32. The van der Waals surface area contributed by atoms with Gasteiger partial charge < -0.3 is 0 Å². The van der Waals surface area contributed by atoms with Crippen LogP contribution in [0, 0.1) is 11.6 Å². The van der Waals surface area contributed by atoms with E-state index in [0.717, 1.165) is 33.6 Å². The molecule has 1 N–H and O–H groups in total. The molecule has 1 aromatic heterocycles. The zero-order chi connectivity index (χ0) is 17.2. The van der Waals surface area contributed by atoms with Crippen molar-refractivity contribution in [3.63, 3.8) is 0 Å². The summed E-state index contributed by atoms with van der Waals surface area (Å²) in [6.07, 6.45) is 0. The van der Waals surface area contributed by atoms with Crippen molar-refractivity contribution in [3.8, 4) is 33.6 Å². The normalized spacial score (nSPS) is 10.8. The summed E-state index contributed by atoms with van der Waals surface area (Å²) in [6, 6.07) is 22.5. The lowest BCUT2D eigenvalue weighted by Crippen LogP contribution is -1.81. The van der Waals surface area contributed by atoms with Gasteiger partial charge in [0, 0.05) is 5.56 Å². The van der Waals surface area contributed by atoms with Crippen molar-refractivity contribution in [2.24, 2.45) is 0 Å². The standard InChI is InChI=1S/C21H14F2N2/c22-18-9-5-15(6-10-18)14-1-3-16(4-2-14)20-13-21(25-24-20)17-7-11-19(23)12-8-17/h1-13H,(H,24,25). The van der Waals surface area contributed by atoms with Gasteiger partial charge in [0.1, 0.15) is 11.6 Å². The molecule has 0 radical (unpaired) electrons. The molecule has 0 fully saturated rings. The molecule has 0 aliphatic heterocycles. The third-order valence-corrected chi connectivity index (χ3v) is 4.09. The van der Waals surface area contributed by atoms with E-state index in [1.54, 1.807) is 24.3 Å². The van der Waals surface area contributed by atoms with Gasteiger partial charge in [0.05, 0.1) is 11.4 Å². The fraction of sp³-hybridized carbons (Fsp3) is 0. The van der Waals surface area contributed by atoms with Gasteiger partial charge in [-0.15, -0.1) is 0 Å². The summed E-state index contributed by atoms with van der Waals surface area (Å²) in [7, 11) is 0. The summed E-state index contributed by atoms with van der Waals surface area (Å²) < 4.78 is 26.0. The Labute approximate surface area is 143 Å². The van der Waals surface area contributed by atoms with E-state index in [1.807, 2.05) is 30.3 Å². The third-order valence-electron chi connectivity index (χ3n) is 4.09. The molecular formula is C21H14F2N2. The molecule has 122 valence electrons. The number of aromatic amines is 1. The third kappa shape index (κ3) is 3.19. The molecule has 4 rings (SSSR count). The average molecular weight is 332 g/mol. The number of halogens is 2. The second-order valence-electron chi connectivity index (χ2n) is 5.76. The zero-order valence-electron chi connectivity index (χ0n) is 13.2. The van der Waals surface area contributed by atoms with Gasteiger partial charge in [-0.05, 0) is 59.2 Å². The summed E-state index contributed by atoms with van der Waals surface area (Å²) in [5.74, 6) is -0.509. The largest absolute Gasteiger partial charge is 0.277 e. The minimum atomic E-state index is -0.264. The van der Waals surface area contributed by atoms with Gasteiger partial charge >= 0.3 is 0 Å². The highest BCUT2D eigenvalue weighted by Gasteiger charge is 2.07. The summed E-state index contributed by atoms with van der Waals surface area (Å²) in [5.41, 5.74) is 5.46. The molecule has 25 heavy (non-hydrogen) atoms. The molecule has 0 bridgehead atoms. The maximum Gasteiger partial charge on any atom is 0.123 e. The first-order chi connectivity index (χ1) is 12.2. The lowest BCUT2D eigenvalue weighted by molar-refractivity contribution is 0.627. The van der Waals surface area contributed by atoms with Crippen molar-refractivity contribution >= 4 is 0 Å².